The summed E-state index contributed by atoms with van der Waals surface area (Å²) in [4.78, 5) is 15.0. The maximum atomic E-state index is 13.1. The molecule has 0 N–H and O–H groups in total. The zero-order valence-electron chi connectivity index (χ0n) is 14.5. The second-order valence-corrected chi connectivity index (χ2v) is 6.62. The summed E-state index contributed by atoms with van der Waals surface area (Å²) in [5.74, 6) is 0.445. The van der Waals surface area contributed by atoms with Crippen LogP contribution in [0, 0.1) is 6.92 Å². The van der Waals surface area contributed by atoms with Crippen molar-refractivity contribution in [2.24, 2.45) is 0 Å². The van der Waals surface area contributed by atoms with Gasteiger partial charge in [0.25, 0.3) is 5.91 Å². The number of hydrogen-bond donors (Lipinski definition) is 0. The van der Waals surface area contributed by atoms with Crippen molar-refractivity contribution in [3.8, 4) is 5.69 Å². The van der Waals surface area contributed by atoms with Gasteiger partial charge in [0.2, 0.25) is 0 Å². The van der Waals surface area contributed by atoms with Crippen molar-refractivity contribution >= 4 is 11.6 Å². The first kappa shape index (κ1) is 15.6. The lowest BCUT2D eigenvalue weighted by molar-refractivity contribution is 0.0979. The van der Waals surface area contributed by atoms with Gasteiger partial charge in [0, 0.05) is 17.9 Å². The Labute approximate surface area is 147 Å². The third-order valence-electron chi connectivity index (χ3n) is 4.90. The molecule has 1 aliphatic heterocycles. The fourth-order valence-electron chi connectivity index (χ4n) is 3.51. The van der Waals surface area contributed by atoms with E-state index in [2.05, 4.69) is 18.1 Å². The fourth-order valence-corrected chi connectivity index (χ4v) is 3.51. The molecule has 2 heterocycles. The Balaban J connectivity index is 1.70. The molecule has 0 spiro atoms. The molecule has 1 aromatic heterocycles. The molecule has 126 valence electrons. The van der Waals surface area contributed by atoms with Crippen LogP contribution in [0.25, 0.3) is 5.69 Å². The lowest BCUT2D eigenvalue weighted by Gasteiger charge is -2.32. The van der Waals surface area contributed by atoms with E-state index >= 15 is 0 Å². The predicted molar refractivity (Wildman–Crippen MR) is 99.5 cm³/mol. The zero-order valence-corrected chi connectivity index (χ0v) is 14.5. The lowest BCUT2D eigenvalue weighted by Crippen LogP contribution is -2.36. The summed E-state index contributed by atoms with van der Waals surface area (Å²) in [5.41, 5.74) is 4.66. The summed E-state index contributed by atoms with van der Waals surface area (Å²) >= 11 is 0. The van der Waals surface area contributed by atoms with E-state index in [0.29, 0.717) is 11.6 Å². The standard InChI is InChI=1S/C21H21N3O/c1-15-12-13-23(20-11-7-6-10-18(15)20)21(25)19-14-16(2)24(22-19)17-8-4-3-5-9-17/h3-11,14-15H,12-13H2,1-2H3. The summed E-state index contributed by atoms with van der Waals surface area (Å²) in [6, 6.07) is 20.0. The average molecular weight is 331 g/mol. The lowest BCUT2D eigenvalue weighted by atomic mass is 9.91. The molecule has 4 rings (SSSR count). The maximum Gasteiger partial charge on any atom is 0.278 e. The molecule has 1 aliphatic rings. The van der Waals surface area contributed by atoms with Crippen LogP contribution < -0.4 is 4.90 Å². The molecule has 0 bridgehead atoms. The first-order chi connectivity index (χ1) is 12.1. The van der Waals surface area contributed by atoms with Gasteiger partial charge in [0.1, 0.15) is 0 Å². The Morgan fingerprint density at radius 2 is 1.80 bits per heavy atom. The number of benzene rings is 2. The molecule has 0 saturated carbocycles. The average Bonchev–Trinajstić information content (AvgIpc) is 3.04. The quantitative estimate of drug-likeness (QED) is 0.701. The molecule has 1 unspecified atom stereocenters. The fraction of sp³-hybridized carbons (Fsp3) is 0.238. The summed E-state index contributed by atoms with van der Waals surface area (Å²) in [7, 11) is 0. The van der Waals surface area contributed by atoms with Crippen LogP contribution in [0.1, 0.15) is 41.0 Å². The van der Waals surface area contributed by atoms with Gasteiger partial charge in [0.05, 0.1) is 5.69 Å². The van der Waals surface area contributed by atoms with Gasteiger partial charge in [-0.25, -0.2) is 4.68 Å². The molecular weight excluding hydrogens is 310 g/mol. The molecule has 2 aromatic carbocycles. The Morgan fingerprint density at radius 3 is 2.60 bits per heavy atom. The number of carbonyl (C=O) groups is 1. The Morgan fingerprint density at radius 1 is 1.08 bits per heavy atom. The summed E-state index contributed by atoms with van der Waals surface area (Å²) in [6.45, 7) is 4.92. The van der Waals surface area contributed by atoms with Crippen LogP contribution in [0.15, 0.2) is 60.7 Å². The number of fused-ring (bicyclic) bond motifs is 1. The highest BCUT2D eigenvalue weighted by molar-refractivity contribution is 6.05. The van der Waals surface area contributed by atoms with Gasteiger partial charge in [0.15, 0.2) is 5.69 Å². The topological polar surface area (TPSA) is 38.1 Å². The summed E-state index contributed by atoms with van der Waals surface area (Å²) in [6.07, 6.45) is 0.973. The van der Waals surface area contributed by atoms with E-state index in [1.165, 1.54) is 5.56 Å². The highest BCUT2D eigenvalue weighted by atomic mass is 16.2. The number of para-hydroxylation sites is 2. The van der Waals surface area contributed by atoms with E-state index in [-0.39, 0.29) is 5.91 Å². The van der Waals surface area contributed by atoms with E-state index in [1.807, 2.05) is 71.1 Å². The van der Waals surface area contributed by atoms with Crippen molar-refractivity contribution in [2.75, 3.05) is 11.4 Å². The van der Waals surface area contributed by atoms with Gasteiger partial charge in [-0.05, 0) is 49.1 Å². The van der Waals surface area contributed by atoms with E-state index < -0.39 is 0 Å². The summed E-state index contributed by atoms with van der Waals surface area (Å²) < 4.78 is 1.83. The number of carbonyl (C=O) groups excluding carboxylic acids is 1. The van der Waals surface area contributed by atoms with Gasteiger partial charge in [-0.15, -0.1) is 0 Å². The zero-order chi connectivity index (χ0) is 17.4. The van der Waals surface area contributed by atoms with Crippen molar-refractivity contribution in [3.05, 3.63) is 77.6 Å². The molecule has 1 amide bonds. The Kier molecular flexibility index (Phi) is 3.88. The number of hydrogen-bond acceptors (Lipinski definition) is 2. The van der Waals surface area contributed by atoms with Crippen LogP contribution in [-0.2, 0) is 0 Å². The molecule has 3 aromatic rings. The molecule has 0 fully saturated rings. The molecule has 4 heteroatoms. The third kappa shape index (κ3) is 2.74. The largest absolute Gasteiger partial charge is 0.307 e. The molecule has 0 aliphatic carbocycles. The minimum absolute atomic E-state index is 0.0304. The van der Waals surface area contributed by atoms with Gasteiger partial charge in [-0.1, -0.05) is 43.3 Å². The van der Waals surface area contributed by atoms with Crippen molar-refractivity contribution < 1.29 is 4.79 Å². The normalized spacial score (nSPS) is 16.6. The van der Waals surface area contributed by atoms with Crippen LogP contribution in [0.3, 0.4) is 0 Å². The minimum atomic E-state index is -0.0304. The van der Waals surface area contributed by atoms with Crippen LogP contribution in [0.4, 0.5) is 5.69 Å². The number of anilines is 1. The molecule has 0 radical (unpaired) electrons. The SMILES string of the molecule is Cc1cc(C(=O)N2CCC(C)c3ccccc32)nn1-c1ccccc1. The molecule has 25 heavy (non-hydrogen) atoms. The van der Waals surface area contributed by atoms with Crippen LogP contribution in [-0.4, -0.2) is 22.2 Å². The molecule has 1 atom stereocenters. The van der Waals surface area contributed by atoms with Crippen LogP contribution in [0.5, 0.6) is 0 Å². The number of aryl methyl sites for hydroxylation is 1. The van der Waals surface area contributed by atoms with E-state index in [9.17, 15) is 4.79 Å². The summed E-state index contributed by atoms with van der Waals surface area (Å²) in [5, 5.41) is 4.57. The molecule has 0 saturated heterocycles. The maximum absolute atomic E-state index is 13.1. The van der Waals surface area contributed by atoms with Gasteiger partial charge < -0.3 is 4.90 Å². The van der Waals surface area contributed by atoms with Gasteiger partial charge in [-0.2, -0.15) is 5.10 Å². The Bertz CT molecular complexity index is 914. The van der Waals surface area contributed by atoms with Crippen LogP contribution >= 0.6 is 0 Å². The van der Waals surface area contributed by atoms with Crippen LogP contribution in [0.2, 0.25) is 0 Å². The van der Waals surface area contributed by atoms with Crippen molar-refractivity contribution in [1.29, 1.82) is 0 Å². The predicted octanol–water partition coefficient (Wildman–Crippen LogP) is 4.33. The first-order valence-corrected chi connectivity index (χ1v) is 8.68. The van der Waals surface area contributed by atoms with Crippen molar-refractivity contribution in [2.45, 2.75) is 26.2 Å². The highest BCUT2D eigenvalue weighted by Gasteiger charge is 2.28. The van der Waals surface area contributed by atoms with E-state index in [4.69, 9.17) is 0 Å². The van der Waals surface area contributed by atoms with Gasteiger partial charge in [-0.3, -0.25) is 4.79 Å². The van der Waals surface area contributed by atoms with Crippen molar-refractivity contribution in [3.63, 3.8) is 0 Å². The van der Waals surface area contributed by atoms with Gasteiger partial charge >= 0.3 is 0 Å². The van der Waals surface area contributed by atoms with Crippen molar-refractivity contribution in [1.82, 2.24) is 9.78 Å². The molecular formula is C21H21N3O. The second-order valence-electron chi connectivity index (χ2n) is 6.62. The highest BCUT2D eigenvalue weighted by Crippen LogP contribution is 2.35. The molecule has 4 nitrogen and oxygen atoms in total. The number of amides is 1. The smallest absolute Gasteiger partial charge is 0.278 e. The monoisotopic (exact) mass is 331 g/mol. The second kappa shape index (κ2) is 6.20. The Hall–Kier alpha value is -2.88. The number of rotatable bonds is 2. The van der Waals surface area contributed by atoms with E-state index in [0.717, 1.165) is 30.0 Å². The van der Waals surface area contributed by atoms with E-state index in [1.54, 1.807) is 0 Å². The first-order valence-electron chi connectivity index (χ1n) is 8.68. The third-order valence-corrected chi connectivity index (χ3v) is 4.90. The number of nitrogens with zero attached hydrogens (tertiary/aromatic N) is 3. The number of aromatic nitrogens is 2. The minimum Gasteiger partial charge on any atom is -0.307 e.